The number of nitrogens with zero attached hydrogens (tertiary/aromatic N) is 4. The van der Waals surface area contributed by atoms with Crippen LogP contribution < -0.4 is 20.1 Å². The Morgan fingerprint density at radius 3 is 2.55 bits per heavy atom. The number of aromatic nitrogens is 3. The van der Waals surface area contributed by atoms with Crippen LogP contribution in [-0.2, 0) is 29.1 Å². The zero-order valence-corrected chi connectivity index (χ0v) is 34.8. The fourth-order valence-electron chi connectivity index (χ4n) is 8.05. The lowest BCUT2D eigenvalue weighted by Crippen LogP contribution is -2.60. The smallest absolute Gasteiger partial charge is 0.427 e. The third kappa shape index (κ3) is 8.20. The molecule has 2 saturated carbocycles. The average molecular weight is 884 g/mol. The van der Waals surface area contributed by atoms with Gasteiger partial charge < -0.3 is 25.0 Å². The summed E-state index contributed by atoms with van der Waals surface area (Å²) in [4.78, 5) is 66.4. The number of ether oxygens (including phenoxy) is 2. The quantitative estimate of drug-likeness (QED) is 0.202. The maximum atomic E-state index is 14.8. The molecule has 2 aliphatic carbocycles. The Balaban J connectivity index is 1.25. The Labute approximate surface area is 348 Å². The number of sulfonamides is 1. The molecule has 1 aromatic carbocycles. The minimum absolute atomic E-state index is 0.00158. The van der Waals surface area contributed by atoms with E-state index in [0.29, 0.717) is 49.0 Å². The van der Waals surface area contributed by atoms with Gasteiger partial charge in [-0.3, -0.25) is 23.5 Å². The molecule has 0 bridgehead atoms. The predicted molar refractivity (Wildman–Crippen MR) is 209 cm³/mol. The Kier molecular flexibility index (Phi) is 11.3. The highest BCUT2D eigenvalue weighted by Crippen LogP contribution is 2.48. The number of carbonyl (C=O) groups excluding carboxylic acids is 4. The molecule has 2 aromatic heterocycles. The number of hydrogen-bond donors (Lipinski definition) is 3. The highest BCUT2D eigenvalue weighted by molar-refractivity contribution is 7.91. The van der Waals surface area contributed by atoms with Gasteiger partial charge >= 0.3 is 12.3 Å². The first kappa shape index (κ1) is 43.4. The number of carbonyl (C=O) groups is 4. The van der Waals surface area contributed by atoms with Gasteiger partial charge in [-0.15, -0.1) is 0 Å². The zero-order valence-electron chi connectivity index (χ0n) is 33.2. The van der Waals surface area contributed by atoms with Gasteiger partial charge in [-0.25, -0.2) is 22.6 Å². The summed E-state index contributed by atoms with van der Waals surface area (Å²) in [6.07, 6.45) is 0.515. The summed E-state index contributed by atoms with van der Waals surface area (Å²) in [5.74, 6) is -3.87. The molecule has 4 heterocycles. The van der Waals surface area contributed by atoms with Gasteiger partial charge in [-0.05, 0) is 82.4 Å². The minimum atomic E-state index is -4.94. The number of nitrogens with one attached hydrogen (secondary N) is 3. The van der Waals surface area contributed by atoms with Crippen LogP contribution in [0.4, 0.5) is 22.4 Å². The van der Waals surface area contributed by atoms with Crippen molar-refractivity contribution in [3.63, 3.8) is 0 Å². The van der Waals surface area contributed by atoms with Gasteiger partial charge in [0.15, 0.2) is 0 Å². The summed E-state index contributed by atoms with van der Waals surface area (Å²) in [5.41, 5.74) is -4.08. The average Bonchev–Trinajstić information content (AvgIpc) is 4.00. The van der Waals surface area contributed by atoms with Crippen molar-refractivity contribution in [1.29, 1.82) is 0 Å². The molecule has 21 heteroatoms. The summed E-state index contributed by atoms with van der Waals surface area (Å²) in [6.45, 7) is 3.41. The van der Waals surface area contributed by atoms with Gasteiger partial charge in [0.05, 0.1) is 17.4 Å². The molecule has 0 unspecified atom stereocenters. The number of alkyl carbamates (subject to hydrolysis) is 1. The molecule has 3 fully saturated rings. The van der Waals surface area contributed by atoms with Gasteiger partial charge in [-0.1, -0.05) is 37.6 Å². The first-order valence-corrected chi connectivity index (χ1v) is 21.5. The molecule has 0 radical (unpaired) electrons. The molecule has 4 amide bonds. The molecule has 60 heavy (non-hydrogen) atoms. The van der Waals surface area contributed by atoms with Crippen LogP contribution in [0.3, 0.4) is 0 Å². The third-order valence-electron chi connectivity index (χ3n) is 12.1. The van der Waals surface area contributed by atoms with E-state index < -0.39 is 92.6 Å². The number of allylic oxidation sites excluding steroid dienone is 1. The number of benzene rings is 1. The standard InChI is InChI=1S/C39H46ClF4N7O8S/c1-21-7-5-6-8-23-18-38(23,33(54)49-60(56,57)37(20-41)11-12-37)48-30(52)28-17-25(58-31-26-16-24(40)9-10-27(26)50-14-13-45-34(50)47-31)19-51(28)32(53)29(22(2)15-21)46-35(55)59-36(3,4)39(42,43)44/h6,8-10,13-14,16,21-23,25,28-29H,5,7,11-12,15,17-20H2,1-4H3,(H,46,55)(H,48,52)(H,49,54)/b8-6-/t21-,22-,23-,25-,28+,29+,38-/m1/s1. The van der Waals surface area contributed by atoms with Crippen LogP contribution in [0, 0.1) is 17.8 Å². The van der Waals surface area contributed by atoms with E-state index in [4.69, 9.17) is 21.1 Å². The van der Waals surface area contributed by atoms with Crippen molar-refractivity contribution in [3.8, 4) is 5.88 Å². The first-order valence-electron chi connectivity index (χ1n) is 19.7. The van der Waals surface area contributed by atoms with Crippen LogP contribution in [0.25, 0.3) is 16.7 Å². The van der Waals surface area contributed by atoms with Crippen LogP contribution in [0.15, 0.2) is 42.7 Å². The lowest BCUT2D eigenvalue weighted by Gasteiger charge is -2.34. The van der Waals surface area contributed by atoms with Gasteiger partial charge in [-0.2, -0.15) is 18.2 Å². The van der Waals surface area contributed by atoms with Crippen molar-refractivity contribution in [2.75, 3.05) is 13.2 Å². The van der Waals surface area contributed by atoms with Crippen molar-refractivity contribution >= 4 is 62.1 Å². The van der Waals surface area contributed by atoms with Crippen LogP contribution in [0.5, 0.6) is 5.88 Å². The van der Waals surface area contributed by atoms with Crippen molar-refractivity contribution in [2.24, 2.45) is 17.8 Å². The fraction of sp³-hybridized carbons (Fsp3) is 0.590. The first-order chi connectivity index (χ1) is 28.1. The molecule has 3 N–H and O–H groups in total. The number of imidazole rings is 1. The normalized spacial score (nSPS) is 29.1. The number of alkyl halides is 4. The molecular weight excluding hydrogens is 838 g/mol. The summed E-state index contributed by atoms with van der Waals surface area (Å²) in [7, 11) is -4.48. The topological polar surface area (TPSA) is 190 Å². The summed E-state index contributed by atoms with van der Waals surface area (Å²) < 4.78 is 94.8. The Bertz CT molecular complexity index is 2360. The summed E-state index contributed by atoms with van der Waals surface area (Å²) in [5, 5.41) is 5.90. The van der Waals surface area contributed by atoms with Gasteiger partial charge in [0.25, 0.3) is 5.91 Å². The zero-order chi connectivity index (χ0) is 43.6. The highest BCUT2D eigenvalue weighted by Gasteiger charge is 2.64. The largest absolute Gasteiger partial charge is 0.472 e. The van der Waals surface area contributed by atoms with Crippen LogP contribution >= 0.6 is 11.6 Å². The van der Waals surface area contributed by atoms with Crippen LogP contribution in [-0.4, -0.2) is 105 Å². The Morgan fingerprint density at radius 1 is 1.13 bits per heavy atom. The predicted octanol–water partition coefficient (Wildman–Crippen LogP) is 5.16. The maximum Gasteiger partial charge on any atom is 0.427 e. The van der Waals surface area contributed by atoms with E-state index in [9.17, 15) is 45.2 Å². The molecular formula is C39H46ClF4N7O8S. The van der Waals surface area contributed by atoms with Crippen molar-refractivity contribution < 1.29 is 54.6 Å². The molecule has 15 nitrogen and oxygen atoms in total. The number of halogens is 5. The molecule has 326 valence electrons. The molecule has 7 atom stereocenters. The van der Waals surface area contributed by atoms with Crippen molar-refractivity contribution in [2.45, 2.75) is 113 Å². The molecule has 3 aromatic rings. The van der Waals surface area contributed by atoms with E-state index in [-0.39, 0.29) is 49.8 Å². The molecule has 7 rings (SSSR count). The fourth-order valence-corrected chi connectivity index (χ4v) is 9.65. The Hall–Kier alpha value is -4.72. The van der Waals surface area contributed by atoms with Crippen LogP contribution in [0.2, 0.25) is 5.02 Å². The number of rotatable bonds is 8. The number of amides is 4. The maximum absolute atomic E-state index is 14.8. The monoisotopic (exact) mass is 883 g/mol. The van der Waals surface area contributed by atoms with Gasteiger partial charge in [0.1, 0.15) is 35.1 Å². The number of hydrogen-bond acceptors (Lipinski definition) is 10. The van der Waals surface area contributed by atoms with Crippen molar-refractivity contribution in [3.05, 3.63) is 47.8 Å². The number of fused-ring (bicyclic) bond motifs is 5. The third-order valence-corrected chi connectivity index (χ3v) is 14.5. The second-order valence-corrected chi connectivity index (χ2v) is 19.5. The van der Waals surface area contributed by atoms with E-state index in [2.05, 4.69) is 20.6 Å². The summed E-state index contributed by atoms with van der Waals surface area (Å²) in [6, 6.07) is 2.11. The van der Waals surface area contributed by atoms with E-state index in [1.807, 2.05) is 11.6 Å². The molecule has 4 aliphatic rings. The van der Waals surface area contributed by atoms with Gasteiger partial charge in [0.2, 0.25) is 39.1 Å². The minimum Gasteiger partial charge on any atom is -0.472 e. The summed E-state index contributed by atoms with van der Waals surface area (Å²) >= 11 is 6.36. The van der Waals surface area contributed by atoms with E-state index in [1.165, 1.54) is 6.20 Å². The van der Waals surface area contributed by atoms with E-state index in [0.717, 1.165) is 4.90 Å². The van der Waals surface area contributed by atoms with E-state index >= 15 is 0 Å². The molecule has 0 spiro atoms. The lowest BCUT2D eigenvalue weighted by atomic mass is 9.88. The molecule has 2 aliphatic heterocycles. The molecule has 1 saturated heterocycles. The van der Waals surface area contributed by atoms with Gasteiger partial charge in [0, 0.05) is 29.8 Å². The van der Waals surface area contributed by atoms with E-state index in [1.54, 1.807) is 47.9 Å². The second kappa shape index (κ2) is 15.6. The van der Waals surface area contributed by atoms with Crippen LogP contribution in [0.1, 0.15) is 72.6 Å². The van der Waals surface area contributed by atoms with Crippen molar-refractivity contribution in [1.82, 2.24) is 34.6 Å². The second-order valence-electron chi connectivity index (χ2n) is 17.0. The Morgan fingerprint density at radius 2 is 1.87 bits per heavy atom. The SMILES string of the molecule is C[C@@H]1CC/C=C\[C@@H]2C[C@@]2(C(=O)NS(=O)(=O)C2(CF)CC2)NC(=O)[C@@H]2C[C@@H](Oc3nc4nccn4c4ccc(Cl)cc34)CN2C(=O)[C@@H](NC(=O)OC(C)(C)C(F)(F)F)[C@H](C)C1. The highest BCUT2D eigenvalue weighted by atomic mass is 35.5. The lowest BCUT2D eigenvalue weighted by molar-refractivity contribution is -0.244.